The van der Waals surface area contributed by atoms with Gasteiger partial charge in [0.25, 0.3) is 0 Å². The summed E-state index contributed by atoms with van der Waals surface area (Å²) in [7, 11) is 3.84. The van der Waals surface area contributed by atoms with E-state index < -0.39 is 0 Å². The minimum atomic E-state index is -0.290. The normalized spacial score (nSPS) is 17.3. The summed E-state index contributed by atoms with van der Waals surface area (Å²) in [6.07, 6.45) is 2.94. The average molecular weight is 424 g/mol. The summed E-state index contributed by atoms with van der Waals surface area (Å²) in [5.41, 5.74) is 0.991. The van der Waals surface area contributed by atoms with Gasteiger partial charge in [0.1, 0.15) is 5.01 Å². The Labute approximate surface area is 180 Å². The van der Waals surface area contributed by atoms with E-state index >= 15 is 0 Å². The molecule has 3 heterocycles. The van der Waals surface area contributed by atoms with Gasteiger partial charge in [-0.2, -0.15) is 5.10 Å². The molecule has 156 valence electrons. The lowest BCUT2D eigenvalue weighted by molar-refractivity contribution is -0.123. The fraction of sp³-hybridized carbons (Fsp3) is 0.381. The quantitative estimate of drug-likeness (QED) is 0.591. The van der Waals surface area contributed by atoms with E-state index in [1.54, 1.807) is 6.20 Å². The molecule has 1 aliphatic heterocycles. The maximum absolute atomic E-state index is 13.0. The van der Waals surface area contributed by atoms with Crippen LogP contribution < -0.4 is 10.2 Å². The van der Waals surface area contributed by atoms with Gasteiger partial charge in [-0.1, -0.05) is 41.7 Å². The van der Waals surface area contributed by atoms with E-state index in [2.05, 4.69) is 30.6 Å². The van der Waals surface area contributed by atoms with E-state index in [4.69, 9.17) is 0 Å². The van der Waals surface area contributed by atoms with Crippen molar-refractivity contribution < 1.29 is 4.79 Å². The van der Waals surface area contributed by atoms with Gasteiger partial charge < -0.3 is 10.2 Å². The molecule has 0 saturated carbocycles. The molecule has 0 unspecified atom stereocenters. The van der Waals surface area contributed by atoms with Crippen LogP contribution in [-0.2, 0) is 11.2 Å². The second-order valence-electron chi connectivity index (χ2n) is 7.58. The molecule has 1 fully saturated rings. The number of rotatable bonds is 8. The van der Waals surface area contributed by atoms with E-state index in [0.717, 1.165) is 41.0 Å². The Morgan fingerprint density at radius 1 is 1.20 bits per heavy atom. The summed E-state index contributed by atoms with van der Waals surface area (Å²) >= 11 is 1.45. The van der Waals surface area contributed by atoms with Crippen LogP contribution in [0.2, 0.25) is 0 Å². The van der Waals surface area contributed by atoms with Crippen LogP contribution in [-0.4, -0.2) is 64.3 Å². The van der Waals surface area contributed by atoms with Crippen LogP contribution in [0, 0.1) is 0 Å². The van der Waals surface area contributed by atoms with Crippen molar-refractivity contribution in [2.45, 2.75) is 24.9 Å². The zero-order valence-electron chi connectivity index (χ0n) is 17.1. The first-order chi connectivity index (χ1) is 14.6. The van der Waals surface area contributed by atoms with Gasteiger partial charge in [0.2, 0.25) is 5.13 Å². The maximum Gasteiger partial charge on any atom is 0.205 e. The molecule has 1 aromatic carbocycles. The Morgan fingerprint density at radius 3 is 2.77 bits per heavy atom. The lowest BCUT2D eigenvalue weighted by atomic mass is 10.00. The number of likely N-dealkylation sites (N-methyl/N-ethyl adjacent to an activating group) is 1. The van der Waals surface area contributed by atoms with Crippen molar-refractivity contribution in [1.82, 2.24) is 25.3 Å². The van der Waals surface area contributed by atoms with Gasteiger partial charge in [0, 0.05) is 25.3 Å². The molecule has 1 aliphatic rings. The molecule has 2 atom stereocenters. The SMILES string of the molecule is CN(C)[C@@H](C(=O)Cc1nnc(N[C@@H]2CCN(c3cccnn3)C2)s1)c1ccccc1. The fourth-order valence-electron chi connectivity index (χ4n) is 3.76. The molecule has 4 rings (SSSR count). The van der Waals surface area contributed by atoms with Crippen molar-refractivity contribution in [3.8, 4) is 0 Å². The van der Waals surface area contributed by atoms with Crippen molar-refractivity contribution >= 4 is 28.1 Å². The highest BCUT2D eigenvalue weighted by molar-refractivity contribution is 7.15. The summed E-state index contributed by atoms with van der Waals surface area (Å²) in [5.74, 6) is 1.00. The molecular weight excluding hydrogens is 398 g/mol. The molecule has 3 aromatic rings. The van der Waals surface area contributed by atoms with Crippen molar-refractivity contribution in [1.29, 1.82) is 0 Å². The molecule has 1 N–H and O–H groups in total. The van der Waals surface area contributed by atoms with Crippen LogP contribution >= 0.6 is 11.3 Å². The van der Waals surface area contributed by atoms with Crippen molar-refractivity contribution in [2.24, 2.45) is 0 Å². The number of hydrogen-bond donors (Lipinski definition) is 1. The van der Waals surface area contributed by atoms with Crippen LogP contribution in [0.1, 0.15) is 23.0 Å². The van der Waals surface area contributed by atoms with Crippen LogP contribution in [0.25, 0.3) is 0 Å². The summed E-state index contributed by atoms with van der Waals surface area (Å²) in [5, 5.41) is 21.6. The molecule has 9 heteroatoms. The number of hydrogen-bond acceptors (Lipinski definition) is 9. The zero-order valence-corrected chi connectivity index (χ0v) is 17.9. The number of aromatic nitrogens is 4. The van der Waals surface area contributed by atoms with Crippen molar-refractivity contribution in [3.63, 3.8) is 0 Å². The molecule has 0 radical (unpaired) electrons. The fourth-order valence-corrected chi connectivity index (χ4v) is 4.59. The molecule has 1 saturated heterocycles. The summed E-state index contributed by atoms with van der Waals surface area (Å²) in [6.45, 7) is 1.76. The standard InChI is InChI=1S/C21H25N7OS/c1-27(2)20(15-7-4-3-5-8-15)17(29)13-19-25-26-21(30-19)23-16-10-12-28(14-16)18-9-6-11-22-24-18/h3-9,11,16,20H,10,12-14H2,1-2H3,(H,23,26)/t16-,20-/m1/s1. The van der Waals surface area contributed by atoms with Gasteiger partial charge >= 0.3 is 0 Å². The molecule has 0 spiro atoms. The van der Waals surface area contributed by atoms with E-state index in [-0.39, 0.29) is 24.3 Å². The Morgan fingerprint density at radius 2 is 2.03 bits per heavy atom. The third-order valence-corrected chi connectivity index (χ3v) is 5.98. The zero-order chi connectivity index (χ0) is 20.9. The predicted molar refractivity (Wildman–Crippen MR) is 118 cm³/mol. The summed E-state index contributed by atoms with van der Waals surface area (Å²) < 4.78 is 0. The Kier molecular flexibility index (Phi) is 6.29. The second kappa shape index (κ2) is 9.27. The Balaban J connectivity index is 1.36. The largest absolute Gasteiger partial charge is 0.355 e. The van der Waals surface area contributed by atoms with Crippen LogP contribution in [0.5, 0.6) is 0 Å². The number of carbonyl (C=O) groups excluding carboxylic acids is 1. The first-order valence-corrected chi connectivity index (χ1v) is 10.8. The van der Waals surface area contributed by atoms with Crippen molar-refractivity contribution in [3.05, 3.63) is 59.2 Å². The van der Waals surface area contributed by atoms with Gasteiger partial charge in [0.05, 0.1) is 12.5 Å². The molecule has 8 nitrogen and oxygen atoms in total. The predicted octanol–water partition coefficient (Wildman–Crippen LogP) is 2.43. The number of nitrogens with one attached hydrogen (secondary N) is 1. The third-order valence-electron chi connectivity index (χ3n) is 5.13. The van der Waals surface area contributed by atoms with E-state index in [0.29, 0.717) is 0 Å². The summed E-state index contributed by atoms with van der Waals surface area (Å²) in [6, 6.07) is 13.7. The highest BCUT2D eigenvalue weighted by Gasteiger charge is 2.26. The van der Waals surface area contributed by atoms with Gasteiger partial charge in [-0.05, 0) is 38.2 Å². The highest BCUT2D eigenvalue weighted by atomic mass is 32.1. The van der Waals surface area contributed by atoms with Crippen LogP contribution in [0.3, 0.4) is 0 Å². The molecule has 30 heavy (non-hydrogen) atoms. The average Bonchev–Trinajstić information content (AvgIpc) is 3.39. The third kappa shape index (κ3) is 4.80. The number of nitrogens with zero attached hydrogens (tertiary/aromatic N) is 6. The van der Waals surface area contributed by atoms with Crippen molar-refractivity contribution in [2.75, 3.05) is 37.4 Å². The number of Topliss-reactive ketones (excluding diaryl/α,β-unsaturated/α-hetero) is 1. The van der Waals surface area contributed by atoms with Gasteiger partial charge in [-0.25, -0.2) is 0 Å². The van der Waals surface area contributed by atoms with Crippen LogP contribution in [0.4, 0.5) is 10.9 Å². The Hall–Kier alpha value is -2.91. The number of benzene rings is 1. The van der Waals surface area contributed by atoms with E-state index in [1.165, 1.54) is 11.3 Å². The molecular formula is C21H25N7OS. The molecule has 0 bridgehead atoms. The minimum absolute atomic E-state index is 0.114. The monoisotopic (exact) mass is 423 g/mol. The van der Waals surface area contributed by atoms with E-state index in [1.807, 2.05) is 61.5 Å². The second-order valence-corrected chi connectivity index (χ2v) is 8.64. The molecule has 2 aromatic heterocycles. The lowest BCUT2D eigenvalue weighted by Crippen LogP contribution is -2.28. The number of anilines is 2. The topological polar surface area (TPSA) is 87.1 Å². The first kappa shape index (κ1) is 20.4. The van der Waals surface area contributed by atoms with Gasteiger partial charge in [0.15, 0.2) is 11.6 Å². The molecule has 0 amide bonds. The number of ketones is 1. The highest BCUT2D eigenvalue weighted by Crippen LogP contribution is 2.25. The van der Waals surface area contributed by atoms with E-state index in [9.17, 15) is 4.79 Å². The van der Waals surface area contributed by atoms with Gasteiger partial charge in [-0.15, -0.1) is 15.3 Å². The maximum atomic E-state index is 13.0. The number of carbonyl (C=O) groups is 1. The molecule has 0 aliphatic carbocycles. The first-order valence-electron chi connectivity index (χ1n) is 9.96. The summed E-state index contributed by atoms with van der Waals surface area (Å²) in [4.78, 5) is 17.1. The lowest BCUT2D eigenvalue weighted by Gasteiger charge is -2.23. The minimum Gasteiger partial charge on any atom is -0.355 e. The Bertz CT molecular complexity index is 964. The van der Waals surface area contributed by atoms with Gasteiger partial charge in [-0.3, -0.25) is 9.69 Å². The van der Waals surface area contributed by atoms with Crippen LogP contribution in [0.15, 0.2) is 48.7 Å². The smallest absolute Gasteiger partial charge is 0.205 e.